The number of aromatic nitrogens is 1. The molecule has 0 atom stereocenters. The molecule has 1 amide bonds. The molecule has 116 valence electrons. The summed E-state index contributed by atoms with van der Waals surface area (Å²) in [5.74, 6) is -1.70. The molecule has 0 aliphatic heterocycles. The van der Waals surface area contributed by atoms with Gasteiger partial charge in [0.1, 0.15) is 17.9 Å². The number of amides is 1. The van der Waals surface area contributed by atoms with Crippen LogP contribution in [0.1, 0.15) is 10.4 Å². The number of hydrogen-bond donors (Lipinski definition) is 1. The van der Waals surface area contributed by atoms with E-state index in [0.717, 1.165) is 24.5 Å². The SMILES string of the molecule is NC(=O)c1cn(CC(F)(F)F)cc(-c2ccc(F)cc2)c1=O. The third kappa shape index (κ3) is 3.51. The monoisotopic (exact) mass is 314 g/mol. The van der Waals surface area contributed by atoms with Crippen LogP contribution in [0.25, 0.3) is 11.1 Å². The van der Waals surface area contributed by atoms with Crippen LogP contribution >= 0.6 is 0 Å². The van der Waals surface area contributed by atoms with Gasteiger partial charge in [0.2, 0.25) is 5.43 Å². The van der Waals surface area contributed by atoms with Crippen LogP contribution in [-0.4, -0.2) is 16.7 Å². The number of benzene rings is 1. The number of hydrogen-bond acceptors (Lipinski definition) is 2. The molecule has 2 N–H and O–H groups in total. The summed E-state index contributed by atoms with van der Waals surface area (Å²) in [5.41, 5.74) is 3.67. The standard InChI is InChI=1S/C14H10F4N2O2/c15-9-3-1-8(2-4-9)10-5-20(7-14(16,17)18)6-11(12(10)21)13(19)22/h1-6H,7H2,(H2,19,22). The Bertz CT molecular complexity index is 764. The molecule has 0 saturated carbocycles. The molecule has 0 bridgehead atoms. The highest BCUT2D eigenvalue weighted by molar-refractivity contribution is 5.93. The summed E-state index contributed by atoms with van der Waals surface area (Å²) in [5, 5.41) is 0. The number of nitrogens with zero attached hydrogens (tertiary/aromatic N) is 1. The number of rotatable bonds is 3. The van der Waals surface area contributed by atoms with Crippen molar-refractivity contribution in [3.8, 4) is 11.1 Å². The van der Waals surface area contributed by atoms with Gasteiger partial charge in [-0.15, -0.1) is 0 Å². The number of primary amides is 1. The van der Waals surface area contributed by atoms with Gasteiger partial charge in [-0.25, -0.2) is 4.39 Å². The molecular weight excluding hydrogens is 304 g/mol. The van der Waals surface area contributed by atoms with Crippen molar-refractivity contribution in [2.45, 2.75) is 12.7 Å². The number of carbonyl (C=O) groups excluding carboxylic acids is 1. The van der Waals surface area contributed by atoms with E-state index in [1.54, 1.807) is 0 Å². The largest absolute Gasteiger partial charge is 0.406 e. The average molecular weight is 314 g/mol. The molecule has 2 aromatic rings. The molecular formula is C14H10F4N2O2. The second-order valence-electron chi connectivity index (χ2n) is 4.57. The van der Waals surface area contributed by atoms with E-state index in [4.69, 9.17) is 5.73 Å². The molecule has 2 rings (SSSR count). The van der Waals surface area contributed by atoms with Gasteiger partial charge >= 0.3 is 6.18 Å². The maximum absolute atomic E-state index is 12.9. The van der Waals surface area contributed by atoms with Crippen molar-refractivity contribution < 1.29 is 22.4 Å². The molecule has 1 aromatic heterocycles. The van der Waals surface area contributed by atoms with E-state index in [1.165, 1.54) is 12.1 Å². The van der Waals surface area contributed by atoms with Gasteiger partial charge in [0.15, 0.2) is 0 Å². The summed E-state index contributed by atoms with van der Waals surface area (Å²) in [4.78, 5) is 23.4. The smallest absolute Gasteiger partial charge is 0.365 e. The number of nitrogens with two attached hydrogens (primary N) is 1. The van der Waals surface area contributed by atoms with E-state index in [0.29, 0.717) is 4.57 Å². The van der Waals surface area contributed by atoms with Gasteiger partial charge in [0, 0.05) is 18.0 Å². The van der Waals surface area contributed by atoms with Crippen LogP contribution in [0, 0.1) is 5.82 Å². The fourth-order valence-electron chi connectivity index (χ4n) is 1.94. The molecule has 0 aliphatic rings. The second-order valence-corrected chi connectivity index (χ2v) is 4.57. The second kappa shape index (κ2) is 5.63. The maximum Gasteiger partial charge on any atom is 0.406 e. The quantitative estimate of drug-likeness (QED) is 0.884. The van der Waals surface area contributed by atoms with Crippen LogP contribution in [0.5, 0.6) is 0 Å². The molecule has 8 heteroatoms. The molecule has 22 heavy (non-hydrogen) atoms. The van der Waals surface area contributed by atoms with Gasteiger partial charge in [0.05, 0.1) is 0 Å². The molecule has 0 saturated heterocycles. The lowest BCUT2D eigenvalue weighted by Crippen LogP contribution is -2.27. The summed E-state index contributed by atoms with van der Waals surface area (Å²) in [7, 11) is 0. The minimum atomic E-state index is -4.54. The zero-order valence-corrected chi connectivity index (χ0v) is 11.0. The molecule has 1 heterocycles. The van der Waals surface area contributed by atoms with Crippen LogP contribution in [0.4, 0.5) is 17.6 Å². The Kier molecular flexibility index (Phi) is 4.03. The van der Waals surface area contributed by atoms with Gasteiger partial charge in [0.25, 0.3) is 5.91 Å². The minimum absolute atomic E-state index is 0.166. The molecule has 0 aliphatic carbocycles. The number of carbonyl (C=O) groups is 1. The summed E-state index contributed by atoms with van der Waals surface area (Å²) in [6, 6.07) is 4.57. The van der Waals surface area contributed by atoms with E-state index >= 15 is 0 Å². The third-order valence-corrected chi connectivity index (χ3v) is 2.86. The van der Waals surface area contributed by atoms with Crippen molar-refractivity contribution in [3.05, 3.63) is 58.3 Å². The zero-order chi connectivity index (χ0) is 16.5. The lowest BCUT2D eigenvalue weighted by Gasteiger charge is -2.13. The van der Waals surface area contributed by atoms with Crippen LogP contribution < -0.4 is 11.2 Å². The third-order valence-electron chi connectivity index (χ3n) is 2.86. The van der Waals surface area contributed by atoms with E-state index in [2.05, 4.69) is 0 Å². The topological polar surface area (TPSA) is 65.1 Å². The first-order chi connectivity index (χ1) is 10.2. The highest BCUT2D eigenvalue weighted by Gasteiger charge is 2.28. The van der Waals surface area contributed by atoms with Crippen LogP contribution in [0.15, 0.2) is 41.5 Å². The van der Waals surface area contributed by atoms with Crippen molar-refractivity contribution in [1.29, 1.82) is 0 Å². The van der Waals surface area contributed by atoms with Gasteiger partial charge in [-0.1, -0.05) is 12.1 Å². The summed E-state index contributed by atoms with van der Waals surface area (Å²) in [6.07, 6.45) is -2.83. The molecule has 0 unspecified atom stereocenters. The van der Waals surface area contributed by atoms with E-state index < -0.39 is 35.4 Å². The Balaban J connectivity index is 2.64. The lowest BCUT2D eigenvalue weighted by molar-refractivity contribution is -0.140. The molecule has 0 fully saturated rings. The molecule has 0 radical (unpaired) electrons. The molecule has 0 spiro atoms. The number of halogens is 4. The van der Waals surface area contributed by atoms with Crippen molar-refractivity contribution in [2.24, 2.45) is 5.73 Å². The zero-order valence-electron chi connectivity index (χ0n) is 11.0. The Labute approximate surface area is 121 Å². The predicted octanol–water partition coefficient (Wildman–Crippen LogP) is 2.32. The fourth-order valence-corrected chi connectivity index (χ4v) is 1.94. The van der Waals surface area contributed by atoms with Crippen LogP contribution in [0.3, 0.4) is 0 Å². The van der Waals surface area contributed by atoms with Crippen LogP contribution in [-0.2, 0) is 6.54 Å². The van der Waals surface area contributed by atoms with Crippen molar-refractivity contribution in [1.82, 2.24) is 4.57 Å². The lowest BCUT2D eigenvalue weighted by atomic mass is 10.0. The Hall–Kier alpha value is -2.64. The Morgan fingerprint density at radius 1 is 1.14 bits per heavy atom. The minimum Gasteiger partial charge on any atom is -0.365 e. The fraction of sp³-hybridized carbons (Fsp3) is 0.143. The van der Waals surface area contributed by atoms with E-state index in [9.17, 15) is 27.2 Å². The summed E-state index contributed by atoms with van der Waals surface area (Å²) < 4.78 is 51.1. The van der Waals surface area contributed by atoms with Crippen molar-refractivity contribution >= 4 is 5.91 Å². The first-order valence-electron chi connectivity index (χ1n) is 6.04. The van der Waals surface area contributed by atoms with Gasteiger partial charge in [-0.05, 0) is 17.7 Å². The maximum atomic E-state index is 12.9. The average Bonchev–Trinajstić information content (AvgIpc) is 2.39. The normalized spacial score (nSPS) is 11.5. The molecule has 4 nitrogen and oxygen atoms in total. The summed E-state index contributed by atoms with van der Waals surface area (Å²) in [6.45, 7) is -1.39. The van der Waals surface area contributed by atoms with E-state index in [1.807, 2.05) is 0 Å². The van der Waals surface area contributed by atoms with Gasteiger partial charge < -0.3 is 10.3 Å². The Morgan fingerprint density at radius 2 is 1.73 bits per heavy atom. The van der Waals surface area contributed by atoms with E-state index in [-0.39, 0.29) is 11.1 Å². The van der Waals surface area contributed by atoms with Gasteiger partial charge in [-0.2, -0.15) is 13.2 Å². The Morgan fingerprint density at radius 3 is 2.23 bits per heavy atom. The van der Waals surface area contributed by atoms with Gasteiger partial charge in [-0.3, -0.25) is 9.59 Å². The predicted molar refractivity (Wildman–Crippen MR) is 70.7 cm³/mol. The highest BCUT2D eigenvalue weighted by atomic mass is 19.4. The first-order valence-corrected chi connectivity index (χ1v) is 6.04. The molecule has 1 aromatic carbocycles. The number of alkyl halides is 3. The highest BCUT2D eigenvalue weighted by Crippen LogP contribution is 2.21. The van der Waals surface area contributed by atoms with Crippen molar-refractivity contribution in [2.75, 3.05) is 0 Å². The first kappa shape index (κ1) is 15.7. The number of pyridine rings is 1. The van der Waals surface area contributed by atoms with Crippen molar-refractivity contribution in [3.63, 3.8) is 0 Å². The van der Waals surface area contributed by atoms with Crippen LogP contribution in [0.2, 0.25) is 0 Å². The summed E-state index contributed by atoms with van der Waals surface area (Å²) >= 11 is 0.